The Labute approximate surface area is 145 Å². The van der Waals surface area contributed by atoms with E-state index in [2.05, 4.69) is 36.1 Å². The number of aryl methyl sites for hydroxylation is 1. The zero-order valence-corrected chi connectivity index (χ0v) is 15.2. The summed E-state index contributed by atoms with van der Waals surface area (Å²) in [6.45, 7) is 9.68. The molecular weight excluding hydrogens is 321 g/mol. The van der Waals surface area contributed by atoms with Gasteiger partial charge in [0.1, 0.15) is 0 Å². The third kappa shape index (κ3) is 4.51. The van der Waals surface area contributed by atoms with Crippen LogP contribution in [0.2, 0.25) is 0 Å². The lowest BCUT2D eigenvalue weighted by atomic mass is 9.91. The standard InChI is InChI=1S/C16H25N3O.2ClH/c1-13-6-4-5-7-14(13)18-8-10-19(11-9-18)15(20)16(2,3)12-17;;/h4-7H,8-12,17H2,1-3H3;2*1H. The number of nitrogens with zero attached hydrogens (tertiary/aromatic N) is 2. The number of benzene rings is 1. The molecular formula is C16H27Cl2N3O. The second-order valence-corrected chi connectivity index (χ2v) is 6.15. The molecule has 2 N–H and O–H groups in total. The Kier molecular flexibility index (Phi) is 8.23. The zero-order chi connectivity index (χ0) is 14.8. The van der Waals surface area contributed by atoms with Crippen LogP contribution in [0.4, 0.5) is 5.69 Å². The van der Waals surface area contributed by atoms with Crippen LogP contribution in [0.3, 0.4) is 0 Å². The summed E-state index contributed by atoms with van der Waals surface area (Å²) < 4.78 is 0. The fraction of sp³-hybridized carbons (Fsp3) is 0.562. The topological polar surface area (TPSA) is 49.6 Å². The van der Waals surface area contributed by atoms with Gasteiger partial charge in [0.2, 0.25) is 5.91 Å². The van der Waals surface area contributed by atoms with E-state index in [4.69, 9.17) is 5.73 Å². The Bertz CT molecular complexity index is 486. The van der Waals surface area contributed by atoms with Crippen molar-refractivity contribution in [3.8, 4) is 0 Å². The maximum atomic E-state index is 12.4. The average Bonchev–Trinajstić information content (AvgIpc) is 2.47. The Morgan fingerprint density at radius 3 is 2.18 bits per heavy atom. The number of rotatable bonds is 3. The second-order valence-electron chi connectivity index (χ2n) is 6.15. The van der Waals surface area contributed by atoms with Gasteiger partial charge in [-0.15, -0.1) is 24.8 Å². The molecule has 6 heteroatoms. The normalized spacial score (nSPS) is 14.9. The van der Waals surface area contributed by atoms with Crippen LogP contribution in [-0.2, 0) is 4.79 Å². The molecule has 1 saturated heterocycles. The van der Waals surface area contributed by atoms with Crippen molar-refractivity contribution >= 4 is 36.4 Å². The number of nitrogens with two attached hydrogens (primary N) is 1. The van der Waals surface area contributed by atoms with E-state index in [1.807, 2.05) is 18.7 Å². The summed E-state index contributed by atoms with van der Waals surface area (Å²) in [6, 6.07) is 8.40. The molecule has 0 aromatic heterocycles. The number of carbonyl (C=O) groups is 1. The van der Waals surface area contributed by atoms with Gasteiger partial charge in [-0.2, -0.15) is 0 Å². The Morgan fingerprint density at radius 2 is 1.68 bits per heavy atom. The molecule has 0 atom stereocenters. The molecule has 4 nitrogen and oxygen atoms in total. The zero-order valence-electron chi connectivity index (χ0n) is 13.5. The van der Waals surface area contributed by atoms with E-state index in [1.165, 1.54) is 11.3 Å². The SMILES string of the molecule is Cc1ccccc1N1CCN(C(=O)C(C)(C)CN)CC1.Cl.Cl. The smallest absolute Gasteiger partial charge is 0.229 e. The lowest BCUT2D eigenvalue weighted by Gasteiger charge is -2.39. The van der Waals surface area contributed by atoms with Gasteiger partial charge in [-0.05, 0) is 32.4 Å². The molecule has 0 spiro atoms. The van der Waals surface area contributed by atoms with Crippen molar-refractivity contribution in [2.24, 2.45) is 11.1 Å². The molecule has 126 valence electrons. The Morgan fingerprint density at radius 1 is 1.14 bits per heavy atom. The molecule has 1 aliphatic heterocycles. The highest BCUT2D eigenvalue weighted by Crippen LogP contribution is 2.23. The van der Waals surface area contributed by atoms with Gasteiger partial charge < -0.3 is 15.5 Å². The number of anilines is 1. The molecule has 0 radical (unpaired) electrons. The lowest BCUT2D eigenvalue weighted by Crippen LogP contribution is -2.53. The Balaban J connectivity index is 0.00000220. The predicted octanol–water partition coefficient (Wildman–Crippen LogP) is 2.47. The fourth-order valence-electron chi connectivity index (χ4n) is 2.58. The first-order valence-corrected chi connectivity index (χ1v) is 7.26. The van der Waals surface area contributed by atoms with Crippen LogP contribution < -0.4 is 10.6 Å². The first-order chi connectivity index (χ1) is 9.45. The van der Waals surface area contributed by atoms with Crippen molar-refractivity contribution in [1.82, 2.24) is 4.90 Å². The summed E-state index contributed by atoms with van der Waals surface area (Å²) in [5.41, 5.74) is 7.80. The van der Waals surface area contributed by atoms with E-state index < -0.39 is 5.41 Å². The monoisotopic (exact) mass is 347 g/mol. The minimum Gasteiger partial charge on any atom is -0.368 e. The molecule has 0 saturated carbocycles. The van der Waals surface area contributed by atoms with Crippen molar-refractivity contribution in [1.29, 1.82) is 0 Å². The Hall–Kier alpha value is -0.970. The van der Waals surface area contributed by atoms with E-state index in [0.717, 1.165) is 26.2 Å². The maximum absolute atomic E-state index is 12.4. The molecule has 0 bridgehead atoms. The van der Waals surface area contributed by atoms with Crippen LogP contribution in [0.5, 0.6) is 0 Å². The van der Waals surface area contributed by atoms with Crippen molar-refractivity contribution < 1.29 is 4.79 Å². The molecule has 1 aromatic rings. The number of hydrogen-bond acceptors (Lipinski definition) is 3. The van der Waals surface area contributed by atoms with Crippen molar-refractivity contribution in [3.05, 3.63) is 29.8 Å². The highest BCUT2D eigenvalue weighted by atomic mass is 35.5. The highest BCUT2D eigenvalue weighted by molar-refractivity contribution is 5.85. The van der Waals surface area contributed by atoms with Crippen molar-refractivity contribution in [2.45, 2.75) is 20.8 Å². The molecule has 1 amide bonds. The quantitative estimate of drug-likeness (QED) is 0.913. The van der Waals surface area contributed by atoms with Gasteiger partial charge in [-0.25, -0.2) is 0 Å². The molecule has 1 fully saturated rings. The van der Waals surface area contributed by atoms with Gasteiger partial charge in [-0.1, -0.05) is 18.2 Å². The van der Waals surface area contributed by atoms with Crippen molar-refractivity contribution in [2.75, 3.05) is 37.6 Å². The lowest BCUT2D eigenvalue weighted by molar-refractivity contribution is -0.140. The maximum Gasteiger partial charge on any atom is 0.229 e. The average molecular weight is 348 g/mol. The van der Waals surface area contributed by atoms with Gasteiger partial charge in [0.25, 0.3) is 0 Å². The van der Waals surface area contributed by atoms with Crippen LogP contribution >= 0.6 is 24.8 Å². The van der Waals surface area contributed by atoms with E-state index in [-0.39, 0.29) is 30.7 Å². The molecule has 0 aliphatic carbocycles. The van der Waals surface area contributed by atoms with Crippen LogP contribution in [-0.4, -0.2) is 43.5 Å². The van der Waals surface area contributed by atoms with Crippen molar-refractivity contribution in [3.63, 3.8) is 0 Å². The summed E-state index contributed by atoms with van der Waals surface area (Å²) in [7, 11) is 0. The van der Waals surface area contributed by atoms with Crippen LogP contribution in [0.1, 0.15) is 19.4 Å². The summed E-state index contributed by atoms with van der Waals surface area (Å²) in [4.78, 5) is 16.7. The summed E-state index contributed by atoms with van der Waals surface area (Å²) >= 11 is 0. The largest absolute Gasteiger partial charge is 0.368 e. The number of carbonyl (C=O) groups excluding carboxylic acids is 1. The summed E-state index contributed by atoms with van der Waals surface area (Å²) in [5, 5.41) is 0. The number of para-hydroxylation sites is 1. The fourth-order valence-corrected chi connectivity index (χ4v) is 2.58. The molecule has 2 rings (SSSR count). The first-order valence-electron chi connectivity index (χ1n) is 7.26. The minimum atomic E-state index is -0.454. The molecule has 1 heterocycles. The highest BCUT2D eigenvalue weighted by Gasteiger charge is 2.32. The minimum absolute atomic E-state index is 0. The first kappa shape index (κ1) is 21.0. The summed E-state index contributed by atoms with van der Waals surface area (Å²) in [6.07, 6.45) is 0. The molecule has 1 aliphatic rings. The van der Waals surface area contributed by atoms with Crippen LogP contribution in [0, 0.1) is 12.3 Å². The van der Waals surface area contributed by atoms with Gasteiger partial charge in [-0.3, -0.25) is 4.79 Å². The van der Waals surface area contributed by atoms with Gasteiger partial charge in [0, 0.05) is 38.4 Å². The number of halogens is 2. The van der Waals surface area contributed by atoms with Gasteiger partial charge in [0.05, 0.1) is 5.41 Å². The third-order valence-corrected chi connectivity index (χ3v) is 4.11. The molecule has 0 unspecified atom stereocenters. The van der Waals surface area contributed by atoms with E-state index in [1.54, 1.807) is 0 Å². The van der Waals surface area contributed by atoms with Gasteiger partial charge >= 0.3 is 0 Å². The van der Waals surface area contributed by atoms with E-state index >= 15 is 0 Å². The number of amides is 1. The van der Waals surface area contributed by atoms with Crippen LogP contribution in [0.15, 0.2) is 24.3 Å². The van der Waals surface area contributed by atoms with Crippen LogP contribution in [0.25, 0.3) is 0 Å². The molecule has 1 aromatic carbocycles. The van der Waals surface area contributed by atoms with E-state index in [0.29, 0.717) is 6.54 Å². The second kappa shape index (κ2) is 8.61. The summed E-state index contributed by atoms with van der Waals surface area (Å²) in [5.74, 6) is 0.171. The third-order valence-electron chi connectivity index (χ3n) is 4.11. The van der Waals surface area contributed by atoms with E-state index in [9.17, 15) is 4.79 Å². The number of piperazine rings is 1. The molecule has 22 heavy (non-hydrogen) atoms. The number of hydrogen-bond donors (Lipinski definition) is 1. The van der Waals surface area contributed by atoms with Gasteiger partial charge in [0.15, 0.2) is 0 Å². The predicted molar refractivity (Wildman–Crippen MR) is 97.3 cm³/mol.